The zero-order chi connectivity index (χ0) is 14.7. The fourth-order valence-electron chi connectivity index (χ4n) is 1.65. The van der Waals surface area contributed by atoms with Crippen LogP contribution in [0, 0.1) is 5.82 Å². The SMILES string of the molecule is Nc1ccc(C(=O)O)c(OCc2cccc(F)c2Cl)c1. The molecular formula is C14H11ClFNO3. The molecule has 6 heteroatoms. The average molecular weight is 296 g/mol. The first kappa shape index (κ1) is 14.1. The van der Waals surface area contributed by atoms with E-state index in [-0.39, 0.29) is 22.9 Å². The smallest absolute Gasteiger partial charge is 0.339 e. The number of hydrogen-bond acceptors (Lipinski definition) is 3. The molecule has 0 amide bonds. The molecule has 2 rings (SSSR count). The predicted molar refractivity (Wildman–Crippen MR) is 73.6 cm³/mol. The first-order valence-electron chi connectivity index (χ1n) is 5.67. The first-order valence-corrected chi connectivity index (χ1v) is 6.05. The number of carbonyl (C=O) groups is 1. The molecule has 4 nitrogen and oxygen atoms in total. The molecule has 0 aliphatic heterocycles. The second-order valence-corrected chi connectivity index (χ2v) is 4.44. The van der Waals surface area contributed by atoms with Crippen LogP contribution < -0.4 is 10.5 Å². The fraction of sp³-hybridized carbons (Fsp3) is 0.0714. The molecule has 0 aliphatic carbocycles. The fourth-order valence-corrected chi connectivity index (χ4v) is 1.83. The third-order valence-corrected chi connectivity index (χ3v) is 3.07. The zero-order valence-electron chi connectivity index (χ0n) is 10.3. The number of ether oxygens (including phenoxy) is 1. The number of carboxylic acid groups (broad SMARTS) is 1. The molecule has 20 heavy (non-hydrogen) atoms. The van der Waals surface area contributed by atoms with E-state index in [1.54, 1.807) is 6.07 Å². The van der Waals surface area contributed by atoms with Crippen LogP contribution in [0.4, 0.5) is 10.1 Å². The highest BCUT2D eigenvalue weighted by Crippen LogP contribution is 2.25. The zero-order valence-corrected chi connectivity index (χ0v) is 11.0. The van der Waals surface area contributed by atoms with Crippen molar-refractivity contribution < 1.29 is 19.0 Å². The summed E-state index contributed by atoms with van der Waals surface area (Å²) in [5.74, 6) is -1.58. The number of nitrogen functional groups attached to an aromatic ring is 1. The summed E-state index contributed by atoms with van der Waals surface area (Å²) in [4.78, 5) is 11.1. The molecule has 0 unspecified atom stereocenters. The van der Waals surface area contributed by atoms with E-state index in [0.717, 1.165) is 0 Å². The van der Waals surface area contributed by atoms with Gasteiger partial charge in [-0.05, 0) is 18.2 Å². The van der Waals surface area contributed by atoms with Gasteiger partial charge in [-0.25, -0.2) is 9.18 Å². The highest BCUT2D eigenvalue weighted by Gasteiger charge is 2.13. The molecule has 2 aromatic rings. The Labute approximate surface area is 119 Å². The molecule has 0 aromatic heterocycles. The Morgan fingerprint density at radius 2 is 2.10 bits per heavy atom. The van der Waals surface area contributed by atoms with Crippen LogP contribution >= 0.6 is 11.6 Å². The average Bonchev–Trinajstić information content (AvgIpc) is 2.40. The second-order valence-electron chi connectivity index (χ2n) is 4.06. The van der Waals surface area contributed by atoms with Gasteiger partial charge in [-0.2, -0.15) is 0 Å². The van der Waals surface area contributed by atoms with E-state index < -0.39 is 11.8 Å². The maximum Gasteiger partial charge on any atom is 0.339 e. The number of aromatic carboxylic acids is 1. The number of halogens is 2. The molecule has 2 aromatic carbocycles. The number of hydrogen-bond donors (Lipinski definition) is 2. The van der Waals surface area contributed by atoms with Crippen LogP contribution in [-0.2, 0) is 6.61 Å². The highest BCUT2D eigenvalue weighted by atomic mass is 35.5. The lowest BCUT2D eigenvalue weighted by Crippen LogP contribution is -2.05. The van der Waals surface area contributed by atoms with E-state index in [0.29, 0.717) is 11.3 Å². The molecule has 0 heterocycles. The Kier molecular flexibility index (Phi) is 4.10. The van der Waals surface area contributed by atoms with Gasteiger partial charge in [-0.1, -0.05) is 23.7 Å². The molecule has 0 radical (unpaired) electrons. The van der Waals surface area contributed by atoms with Crippen molar-refractivity contribution in [2.75, 3.05) is 5.73 Å². The van der Waals surface area contributed by atoms with Gasteiger partial charge in [0.15, 0.2) is 0 Å². The van der Waals surface area contributed by atoms with Gasteiger partial charge in [0.1, 0.15) is 23.7 Å². The quantitative estimate of drug-likeness (QED) is 0.849. The lowest BCUT2D eigenvalue weighted by Gasteiger charge is -2.11. The molecule has 3 N–H and O–H groups in total. The second kappa shape index (κ2) is 5.79. The van der Waals surface area contributed by atoms with Crippen LogP contribution in [0.25, 0.3) is 0 Å². The van der Waals surface area contributed by atoms with E-state index in [2.05, 4.69) is 0 Å². The van der Waals surface area contributed by atoms with E-state index in [4.69, 9.17) is 27.2 Å². The van der Waals surface area contributed by atoms with Gasteiger partial charge in [0.05, 0.1) is 5.02 Å². The van der Waals surface area contributed by atoms with Crippen LogP contribution in [0.1, 0.15) is 15.9 Å². The number of carboxylic acids is 1. The minimum absolute atomic E-state index is 0.0216. The summed E-state index contributed by atoms with van der Waals surface area (Å²) < 4.78 is 18.7. The van der Waals surface area contributed by atoms with Gasteiger partial charge in [0, 0.05) is 17.3 Å². The lowest BCUT2D eigenvalue weighted by molar-refractivity contribution is 0.0692. The maximum absolute atomic E-state index is 13.3. The Hall–Kier alpha value is -2.27. The lowest BCUT2D eigenvalue weighted by atomic mass is 10.2. The van der Waals surface area contributed by atoms with Crippen molar-refractivity contribution >= 4 is 23.3 Å². The van der Waals surface area contributed by atoms with Crippen LogP contribution in [0.2, 0.25) is 5.02 Å². The Balaban J connectivity index is 2.24. The third kappa shape index (κ3) is 3.00. The minimum atomic E-state index is -1.13. The molecule has 0 saturated carbocycles. The van der Waals surface area contributed by atoms with Crippen LogP contribution in [0.3, 0.4) is 0 Å². The minimum Gasteiger partial charge on any atom is -0.488 e. The summed E-state index contributed by atoms with van der Waals surface area (Å²) >= 11 is 5.80. The van der Waals surface area contributed by atoms with E-state index in [9.17, 15) is 9.18 Å². The topological polar surface area (TPSA) is 72.6 Å². The molecule has 104 valence electrons. The molecule has 0 saturated heterocycles. The molecule has 0 spiro atoms. The molecule has 0 aliphatic rings. The summed E-state index contributed by atoms with van der Waals surface area (Å²) in [6, 6.07) is 8.53. The van der Waals surface area contributed by atoms with E-state index >= 15 is 0 Å². The van der Waals surface area contributed by atoms with Crippen molar-refractivity contribution in [3.63, 3.8) is 0 Å². The normalized spacial score (nSPS) is 10.3. The van der Waals surface area contributed by atoms with Gasteiger partial charge in [0.2, 0.25) is 0 Å². The maximum atomic E-state index is 13.3. The Morgan fingerprint density at radius 1 is 1.35 bits per heavy atom. The largest absolute Gasteiger partial charge is 0.488 e. The summed E-state index contributed by atoms with van der Waals surface area (Å²) in [6.45, 7) is -0.0552. The van der Waals surface area contributed by atoms with Crippen LogP contribution in [0.5, 0.6) is 5.75 Å². The van der Waals surface area contributed by atoms with Gasteiger partial charge < -0.3 is 15.6 Å². The van der Waals surface area contributed by atoms with E-state index in [1.165, 1.54) is 30.3 Å². The number of anilines is 1. The van der Waals surface area contributed by atoms with Gasteiger partial charge in [-0.15, -0.1) is 0 Å². The summed E-state index contributed by atoms with van der Waals surface area (Å²) in [7, 11) is 0. The molecule has 0 fully saturated rings. The standard InChI is InChI=1S/C14H11ClFNO3/c15-13-8(2-1-3-11(13)16)7-20-12-6-9(17)4-5-10(12)14(18)19/h1-6H,7,17H2,(H,18,19). The Bertz CT molecular complexity index is 661. The summed E-state index contributed by atoms with van der Waals surface area (Å²) in [6.07, 6.45) is 0. The van der Waals surface area contributed by atoms with Crippen molar-refractivity contribution in [3.8, 4) is 5.75 Å². The summed E-state index contributed by atoms with van der Waals surface area (Å²) in [5, 5.41) is 9.00. The van der Waals surface area contributed by atoms with Gasteiger partial charge in [0.25, 0.3) is 0 Å². The van der Waals surface area contributed by atoms with Gasteiger partial charge in [-0.3, -0.25) is 0 Å². The molecule has 0 atom stereocenters. The highest BCUT2D eigenvalue weighted by molar-refractivity contribution is 6.31. The van der Waals surface area contributed by atoms with Gasteiger partial charge >= 0.3 is 5.97 Å². The Morgan fingerprint density at radius 3 is 2.80 bits per heavy atom. The van der Waals surface area contributed by atoms with Crippen molar-refractivity contribution in [1.29, 1.82) is 0 Å². The van der Waals surface area contributed by atoms with Crippen molar-refractivity contribution in [1.82, 2.24) is 0 Å². The predicted octanol–water partition coefficient (Wildman–Crippen LogP) is 3.34. The first-order chi connectivity index (χ1) is 9.49. The number of benzene rings is 2. The van der Waals surface area contributed by atoms with Crippen molar-refractivity contribution in [3.05, 3.63) is 58.4 Å². The number of rotatable bonds is 4. The third-order valence-electron chi connectivity index (χ3n) is 2.65. The summed E-state index contributed by atoms with van der Waals surface area (Å²) in [5.41, 5.74) is 6.36. The van der Waals surface area contributed by atoms with E-state index in [1.807, 2.05) is 0 Å². The number of nitrogens with two attached hydrogens (primary N) is 1. The molecule has 0 bridgehead atoms. The van der Waals surface area contributed by atoms with Crippen LogP contribution in [0.15, 0.2) is 36.4 Å². The van der Waals surface area contributed by atoms with Crippen molar-refractivity contribution in [2.45, 2.75) is 6.61 Å². The van der Waals surface area contributed by atoms with Crippen LogP contribution in [-0.4, -0.2) is 11.1 Å². The monoisotopic (exact) mass is 295 g/mol. The van der Waals surface area contributed by atoms with Crippen molar-refractivity contribution in [2.24, 2.45) is 0 Å². The molecular weight excluding hydrogens is 285 g/mol.